The molecular weight excluding hydrogens is 373 g/mol. The van der Waals surface area contributed by atoms with E-state index in [-0.39, 0.29) is 11.4 Å². The first-order valence-corrected chi connectivity index (χ1v) is 9.58. The van der Waals surface area contributed by atoms with Crippen LogP contribution in [0.25, 0.3) is 38.3 Å². The van der Waals surface area contributed by atoms with Crippen molar-refractivity contribution in [1.82, 2.24) is 14.6 Å². The average Bonchev–Trinajstić information content (AvgIpc) is 3.37. The van der Waals surface area contributed by atoms with Crippen LogP contribution in [-0.4, -0.2) is 14.6 Å². The lowest BCUT2D eigenvalue weighted by molar-refractivity contribution is 0.628. The van der Waals surface area contributed by atoms with Crippen LogP contribution < -0.4 is 5.56 Å². The van der Waals surface area contributed by atoms with E-state index in [0.29, 0.717) is 16.8 Å². The number of hydrogen-bond donors (Lipinski definition) is 1. The Bertz CT molecular complexity index is 1330. The Labute approximate surface area is 163 Å². The maximum absolute atomic E-state index is 13.2. The quantitative estimate of drug-likeness (QED) is 0.461. The third kappa shape index (κ3) is 2.75. The fourth-order valence-corrected chi connectivity index (χ4v) is 4.16. The monoisotopic (exact) mass is 387 g/mol. The highest BCUT2D eigenvalue weighted by molar-refractivity contribution is 7.14. The molecule has 2 aromatic carbocycles. The van der Waals surface area contributed by atoms with Crippen LogP contribution in [0, 0.1) is 5.82 Å². The molecule has 0 atom stereocenters. The molecule has 0 unspecified atom stereocenters. The molecule has 0 aliphatic rings. The van der Waals surface area contributed by atoms with Crippen molar-refractivity contribution in [2.75, 3.05) is 0 Å². The lowest BCUT2D eigenvalue weighted by atomic mass is 10.1. The van der Waals surface area contributed by atoms with Crippen molar-refractivity contribution >= 4 is 17.0 Å². The van der Waals surface area contributed by atoms with Crippen LogP contribution in [0.4, 0.5) is 4.39 Å². The van der Waals surface area contributed by atoms with E-state index in [1.54, 1.807) is 35.9 Å². The summed E-state index contributed by atoms with van der Waals surface area (Å²) >= 11 is 1.61. The number of nitrogens with zero attached hydrogens (tertiary/aromatic N) is 2. The Morgan fingerprint density at radius 1 is 0.929 bits per heavy atom. The first kappa shape index (κ1) is 16.6. The predicted molar refractivity (Wildman–Crippen MR) is 110 cm³/mol. The molecule has 6 heteroatoms. The van der Waals surface area contributed by atoms with Gasteiger partial charge in [-0.3, -0.25) is 9.89 Å². The molecule has 1 N–H and O–H groups in total. The Hall–Kier alpha value is -3.51. The van der Waals surface area contributed by atoms with Crippen molar-refractivity contribution in [3.8, 4) is 32.7 Å². The summed E-state index contributed by atoms with van der Waals surface area (Å²) in [6, 6.07) is 18.1. The molecule has 0 saturated carbocycles. The van der Waals surface area contributed by atoms with Gasteiger partial charge in [0.25, 0.3) is 5.56 Å². The number of rotatable bonds is 3. The first-order chi connectivity index (χ1) is 13.7. The zero-order valence-electron chi connectivity index (χ0n) is 14.6. The van der Waals surface area contributed by atoms with E-state index < -0.39 is 0 Å². The minimum atomic E-state index is -0.341. The summed E-state index contributed by atoms with van der Waals surface area (Å²) in [6.45, 7) is 0. The van der Waals surface area contributed by atoms with E-state index in [2.05, 4.69) is 33.7 Å². The Morgan fingerprint density at radius 3 is 2.50 bits per heavy atom. The molecule has 5 rings (SSSR count). The van der Waals surface area contributed by atoms with Crippen LogP contribution in [0.2, 0.25) is 0 Å². The SMILES string of the molecule is O=c1c(-c2ccc(F)cc2)cnc2c(-c3cc(-c4ccccc4)cs3)c[nH]n12. The molecule has 0 radical (unpaired) electrons. The van der Waals surface area contributed by atoms with Gasteiger partial charge in [0.1, 0.15) is 5.82 Å². The smallest absolute Gasteiger partial charge is 0.280 e. The second-order valence-electron chi connectivity index (χ2n) is 6.40. The van der Waals surface area contributed by atoms with E-state index in [1.807, 2.05) is 18.2 Å². The number of nitrogens with one attached hydrogen (secondary N) is 1. The van der Waals surface area contributed by atoms with Crippen molar-refractivity contribution in [2.45, 2.75) is 0 Å². The van der Waals surface area contributed by atoms with Gasteiger partial charge >= 0.3 is 0 Å². The molecule has 4 nitrogen and oxygen atoms in total. The lowest BCUT2D eigenvalue weighted by Gasteiger charge is -2.02. The molecule has 3 heterocycles. The van der Waals surface area contributed by atoms with Gasteiger partial charge in [0.15, 0.2) is 5.65 Å². The number of benzene rings is 2. The van der Waals surface area contributed by atoms with E-state index in [1.165, 1.54) is 16.6 Å². The number of thiophene rings is 1. The van der Waals surface area contributed by atoms with Gasteiger partial charge in [0.2, 0.25) is 0 Å². The number of aromatic amines is 1. The van der Waals surface area contributed by atoms with E-state index in [9.17, 15) is 9.18 Å². The molecule has 0 aliphatic heterocycles. The molecule has 0 aliphatic carbocycles. The van der Waals surface area contributed by atoms with Gasteiger partial charge < -0.3 is 0 Å². The standard InChI is InChI=1S/C22H14FN3OS/c23-17-8-6-15(7-9-17)18-11-24-21-19(12-25-26(21)22(18)27)20-10-16(13-28-20)14-4-2-1-3-5-14/h1-13,25H. The molecule has 0 bridgehead atoms. The number of halogens is 1. The van der Waals surface area contributed by atoms with Gasteiger partial charge in [-0.15, -0.1) is 11.3 Å². The molecule has 28 heavy (non-hydrogen) atoms. The first-order valence-electron chi connectivity index (χ1n) is 8.70. The number of H-pyrrole nitrogens is 1. The van der Waals surface area contributed by atoms with E-state index in [4.69, 9.17) is 0 Å². The number of aromatic nitrogens is 3. The van der Waals surface area contributed by atoms with Crippen LogP contribution in [0.15, 0.2) is 83.2 Å². The van der Waals surface area contributed by atoms with Crippen molar-refractivity contribution in [3.63, 3.8) is 0 Å². The molecule has 0 saturated heterocycles. The molecule has 0 fully saturated rings. The van der Waals surface area contributed by atoms with Crippen LogP contribution in [0.5, 0.6) is 0 Å². The van der Waals surface area contributed by atoms with Crippen molar-refractivity contribution in [1.29, 1.82) is 0 Å². The summed E-state index contributed by atoms with van der Waals surface area (Å²) < 4.78 is 14.6. The van der Waals surface area contributed by atoms with Gasteiger partial charge in [-0.2, -0.15) is 0 Å². The molecule has 136 valence electrons. The maximum atomic E-state index is 13.2. The van der Waals surface area contributed by atoms with E-state index in [0.717, 1.165) is 21.6 Å². The normalized spacial score (nSPS) is 11.2. The summed E-state index contributed by atoms with van der Waals surface area (Å²) in [6.07, 6.45) is 3.34. The fourth-order valence-electron chi connectivity index (χ4n) is 3.23. The largest absolute Gasteiger partial charge is 0.296 e. The third-order valence-electron chi connectivity index (χ3n) is 4.67. The highest BCUT2D eigenvalue weighted by atomic mass is 32.1. The topological polar surface area (TPSA) is 50.2 Å². The Kier molecular flexibility index (Phi) is 3.91. The van der Waals surface area contributed by atoms with Gasteiger partial charge in [0.05, 0.1) is 11.1 Å². The summed E-state index contributed by atoms with van der Waals surface area (Å²) in [5.74, 6) is -0.341. The van der Waals surface area contributed by atoms with Gasteiger partial charge in [-0.05, 0) is 40.3 Å². The van der Waals surface area contributed by atoms with Gasteiger partial charge in [0, 0.05) is 17.3 Å². The van der Waals surface area contributed by atoms with Crippen LogP contribution in [-0.2, 0) is 0 Å². The van der Waals surface area contributed by atoms with Crippen LogP contribution in [0.1, 0.15) is 0 Å². The Balaban J connectivity index is 1.59. The average molecular weight is 387 g/mol. The summed E-state index contributed by atoms with van der Waals surface area (Å²) in [7, 11) is 0. The van der Waals surface area contributed by atoms with Crippen molar-refractivity contribution < 1.29 is 4.39 Å². The number of fused-ring (bicyclic) bond motifs is 1. The van der Waals surface area contributed by atoms with Gasteiger partial charge in [-0.25, -0.2) is 13.9 Å². The summed E-state index contributed by atoms with van der Waals surface area (Å²) in [4.78, 5) is 18.4. The van der Waals surface area contributed by atoms with E-state index >= 15 is 0 Å². The fraction of sp³-hybridized carbons (Fsp3) is 0. The number of hydrogen-bond acceptors (Lipinski definition) is 3. The van der Waals surface area contributed by atoms with Crippen molar-refractivity contribution in [2.24, 2.45) is 0 Å². The second-order valence-corrected chi connectivity index (χ2v) is 7.31. The zero-order valence-corrected chi connectivity index (χ0v) is 15.4. The van der Waals surface area contributed by atoms with Crippen LogP contribution in [0.3, 0.4) is 0 Å². The molecule has 0 spiro atoms. The molecule has 0 amide bonds. The highest BCUT2D eigenvalue weighted by Gasteiger charge is 2.14. The molecule has 3 aromatic heterocycles. The second kappa shape index (κ2) is 6.58. The summed E-state index contributed by atoms with van der Waals surface area (Å²) in [5.41, 5.74) is 4.54. The minimum Gasteiger partial charge on any atom is -0.296 e. The third-order valence-corrected chi connectivity index (χ3v) is 5.63. The lowest BCUT2D eigenvalue weighted by Crippen LogP contribution is -2.16. The zero-order chi connectivity index (χ0) is 19.1. The molecular formula is C22H14FN3OS. The molecule has 5 aromatic rings. The maximum Gasteiger partial charge on any atom is 0.280 e. The Morgan fingerprint density at radius 2 is 1.71 bits per heavy atom. The van der Waals surface area contributed by atoms with Crippen molar-refractivity contribution in [3.05, 3.63) is 94.6 Å². The minimum absolute atomic E-state index is 0.220. The van der Waals surface area contributed by atoms with Crippen LogP contribution >= 0.6 is 11.3 Å². The highest BCUT2D eigenvalue weighted by Crippen LogP contribution is 2.34. The summed E-state index contributed by atoms with van der Waals surface area (Å²) in [5, 5.41) is 5.10. The predicted octanol–water partition coefficient (Wildman–Crippen LogP) is 5.22. The van der Waals surface area contributed by atoms with Gasteiger partial charge in [-0.1, -0.05) is 42.5 Å².